The number of hydrogen-bond acceptors (Lipinski definition) is 7. The maximum Gasteiger partial charge on any atom is 0.187 e. The zero-order valence-electron chi connectivity index (χ0n) is 11.6. The molecule has 0 amide bonds. The Morgan fingerprint density at radius 1 is 1.09 bits per heavy atom. The van der Waals surface area contributed by atoms with Gasteiger partial charge in [0.15, 0.2) is 11.7 Å². The normalized spacial score (nSPS) is 12.3. The van der Waals surface area contributed by atoms with E-state index in [9.17, 15) is 10.1 Å². The third kappa shape index (κ3) is 2.38. The number of Topliss-reactive ketones (excluding diaryl/α,β-unsaturated/α-hetero) is 1. The molecule has 0 spiro atoms. The lowest BCUT2D eigenvalue weighted by atomic mass is 9.99. The Morgan fingerprint density at radius 3 is 2.74 bits per heavy atom. The van der Waals surface area contributed by atoms with Crippen LogP contribution in [0.3, 0.4) is 0 Å². The molecule has 0 bridgehead atoms. The first-order chi connectivity index (χ1) is 11.3. The van der Waals surface area contributed by atoms with Crippen LogP contribution in [-0.4, -0.2) is 19.5 Å². The molecule has 110 valence electrons. The molecule has 0 aliphatic heterocycles. The van der Waals surface area contributed by atoms with E-state index in [1.165, 1.54) is 11.3 Å². The maximum absolute atomic E-state index is 12.7. The summed E-state index contributed by atoms with van der Waals surface area (Å²) in [7, 11) is 0. The molecule has 4 rings (SSSR count). The maximum atomic E-state index is 12.7. The molecule has 2 heterocycles. The van der Waals surface area contributed by atoms with E-state index in [0.29, 0.717) is 16.1 Å². The van der Waals surface area contributed by atoms with Crippen LogP contribution < -0.4 is 0 Å². The molecule has 2 aromatic carbocycles. The van der Waals surface area contributed by atoms with Gasteiger partial charge in [-0.15, -0.1) is 11.3 Å². The average molecular weight is 336 g/mol. The van der Waals surface area contributed by atoms with Crippen molar-refractivity contribution in [2.24, 2.45) is 0 Å². The van der Waals surface area contributed by atoms with Gasteiger partial charge in [0.2, 0.25) is 0 Å². The smallest absolute Gasteiger partial charge is 0.187 e. The van der Waals surface area contributed by atoms with Gasteiger partial charge in [0, 0.05) is 5.56 Å². The quantitative estimate of drug-likeness (QED) is 0.532. The topological polar surface area (TPSA) is 79.5 Å². The Kier molecular flexibility index (Phi) is 3.33. The summed E-state index contributed by atoms with van der Waals surface area (Å²) in [5, 5.41) is 10.0. The minimum atomic E-state index is -0.906. The van der Waals surface area contributed by atoms with Crippen LogP contribution in [0.5, 0.6) is 0 Å². The summed E-state index contributed by atoms with van der Waals surface area (Å²) in [5.41, 5.74) is 2.68. The SMILES string of the molecule is N#C[C@@H](C(=O)c1ccc2nsnc2c1)c1nc2ccccc2s1. The molecule has 5 nitrogen and oxygen atoms in total. The fraction of sp³-hybridized carbons (Fsp3) is 0.0625. The largest absolute Gasteiger partial charge is 0.292 e. The van der Waals surface area contributed by atoms with E-state index in [-0.39, 0.29) is 5.78 Å². The molecule has 0 saturated heterocycles. The lowest BCUT2D eigenvalue weighted by Crippen LogP contribution is -2.11. The number of nitriles is 1. The van der Waals surface area contributed by atoms with Crippen molar-refractivity contribution < 1.29 is 4.79 Å². The molecule has 0 fully saturated rings. The second kappa shape index (κ2) is 5.50. The highest BCUT2D eigenvalue weighted by molar-refractivity contribution is 7.18. The molecular weight excluding hydrogens is 328 g/mol. The van der Waals surface area contributed by atoms with Gasteiger partial charge in [0.25, 0.3) is 0 Å². The Balaban J connectivity index is 1.76. The zero-order chi connectivity index (χ0) is 15.8. The Bertz CT molecular complexity index is 1040. The van der Waals surface area contributed by atoms with Crippen molar-refractivity contribution in [1.82, 2.24) is 13.7 Å². The summed E-state index contributed by atoms with van der Waals surface area (Å²) in [6.45, 7) is 0. The number of thiazole rings is 1. The average Bonchev–Trinajstić information content (AvgIpc) is 3.21. The van der Waals surface area contributed by atoms with E-state index < -0.39 is 5.92 Å². The van der Waals surface area contributed by atoms with E-state index >= 15 is 0 Å². The number of carbonyl (C=O) groups is 1. The van der Waals surface area contributed by atoms with Crippen molar-refractivity contribution >= 4 is 50.1 Å². The first-order valence-corrected chi connectivity index (χ1v) is 8.32. The first kappa shape index (κ1) is 13.9. The highest BCUT2D eigenvalue weighted by Gasteiger charge is 2.25. The number of fused-ring (bicyclic) bond motifs is 2. The van der Waals surface area contributed by atoms with E-state index in [2.05, 4.69) is 19.8 Å². The van der Waals surface area contributed by atoms with Gasteiger partial charge in [-0.1, -0.05) is 12.1 Å². The third-order valence-corrected chi connectivity index (χ3v) is 5.14. The molecule has 1 atom stereocenters. The molecule has 4 aromatic rings. The first-order valence-electron chi connectivity index (χ1n) is 6.78. The Labute approximate surface area is 139 Å². The van der Waals surface area contributed by atoms with Gasteiger partial charge in [-0.2, -0.15) is 14.0 Å². The lowest BCUT2D eigenvalue weighted by molar-refractivity contribution is 0.0979. The molecule has 0 saturated carbocycles. The fourth-order valence-corrected chi connectivity index (χ4v) is 3.87. The molecule has 0 aliphatic rings. The Hall–Kier alpha value is -2.69. The molecule has 0 aliphatic carbocycles. The number of rotatable bonds is 3. The summed E-state index contributed by atoms with van der Waals surface area (Å²) in [4.78, 5) is 17.2. The van der Waals surface area contributed by atoms with Gasteiger partial charge in [0.1, 0.15) is 16.0 Å². The van der Waals surface area contributed by atoms with Crippen molar-refractivity contribution in [3.8, 4) is 6.07 Å². The highest BCUT2D eigenvalue weighted by atomic mass is 32.1. The third-order valence-electron chi connectivity index (χ3n) is 3.49. The molecule has 0 N–H and O–H groups in total. The number of benzene rings is 2. The van der Waals surface area contributed by atoms with Crippen LogP contribution in [0, 0.1) is 11.3 Å². The van der Waals surface area contributed by atoms with Gasteiger partial charge >= 0.3 is 0 Å². The molecular formula is C16H8N4OS2. The minimum Gasteiger partial charge on any atom is -0.292 e. The van der Waals surface area contributed by atoms with E-state index in [0.717, 1.165) is 27.5 Å². The number of carbonyl (C=O) groups excluding carboxylic acids is 1. The predicted octanol–water partition coefficient (Wildman–Crippen LogP) is 3.79. The van der Waals surface area contributed by atoms with Gasteiger partial charge in [-0.3, -0.25) is 4.79 Å². The number of hydrogen-bond donors (Lipinski definition) is 0. The summed E-state index contributed by atoms with van der Waals surface area (Å²) in [5.74, 6) is -1.17. The van der Waals surface area contributed by atoms with Crippen LogP contribution in [0.15, 0.2) is 42.5 Å². The van der Waals surface area contributed by atoms with E-state index in [1.807, 2.05) is 24.3 Å². The monoisotopic (exact) mass is 336 g/mol. The number of nitrogens with zero attached hydrogens (tertiary/aromatic N) is 4. The summed E-state index contributed by atoms with van der Waals surface area (Å²) in [6.07, 6.45) is 0. The van der Waals surface area contributed by atoms with Crippen molar-refractivity contribution in [2.45, 2.75) is 5.92 Å². The van der Waals surface area contributed by atoms with Crippen LogP contribution in [-0.2, 0) is 0 Å². The zero-order valence-corrected chi connectivity index (χ0v) is 13.3. The summed E-state index contributed by atoms with van der Waals surface area (Å²) in [6, 6.07) is 14.8. The minimum absolute atomic E-state index is 0.263. The molecule has 23 heavy (non-hydrogen) atoms. The fourth-order valence-electron chi connectivity index (χ4n) is 2.34. The predicted molar refractivity (Wildman–Crippen MR) is 89.7 cm³/mol. The molecule has 7 heteroatoms. The second-order valence-corrected chi connectivity index (χ2v) is 6.50. The van der Waals surface area contributed by atoms with E-state index in [1.54, 1.807) is 18.2 Å². The van der Waals surface area contributed by atoms with Crippen molar-refractivity contribution in [3.63, 3.8) is 0 Å². The standard InChI is InChI=1S/C16H8N4OS2/c17-8-10(16-18-12-3-1-2-4-14(12)22-16)15(21)9-5-6-11-13(7-9)20-23-19-11/h1-7,10H/t10-/m0/s1. The number of aromatic nitrogens is 3. The van der Waals surface area contributed by atoms with Crippen molar-refractivity contribution in [3.05, 3.63) is 53.0 Å². The Morgan fingerprint density at radius 2 is 1.91 bits per heavy atom. The highest BCUT2D eigenvalue weighted by Crippen LogP contribution is 2.29. The van der Waals surface area contributed by atoms with Gasteiger partial charge in [-0.05, 0) is 30.3 Å². The second-order valence-electron chi connectivity index (χ2n) is 4.91. The van der Waals surface area contributed by atoms with E-state index in [4.69, 9.17) is 0 Å². The van der Waals surface area contributed by atoms with Crippen LogP contribution in [0.4, 0.5) is 0 Å². The van der Waals surface area contributed by atoms with Crippen molar-refractivity contribution in [1.29, 1.82) is 5.26 Å². The van der Waals surface area contributed by atoms with Crippen LogP contribution >= 0.6 is 23.1 Å². The molecule has 0 radical (unpaired) electrons. The van der Waals surface area contributed by atoms with Crippen LogP contribution in [0.25, 0.3) is 21.3 Å². The summed E-state index contributed by atoms with van der Waals surface area (Å²) < 4.78 is 9.22. The van der Waals surface area contributed by atoms with Crippen molar-refractivity contribution in [2.75, 3.05) is 0 Å². The van der Waals surface area contributed by atoms with Gasteiger partial charge in [0.05, 0.1) is 28.0 Å². The summed E-state index contributed by atoms with van der Waals surface area (Å²) >= 11 is 2.48. The number of para-hydroxylation sites is 1. The lowest BCUT2D eigenvalue weighted by Gasteiger charge is -2.04. The van der Waals surface area contributed by atoms with Gasteiger partial charge < -0.3 is 0 Å². The van der Waals surface area contributed by atoms with Crippen LogP contribution in [0.2, 0.25) is 0 Å². The van der Waals surface area contributed by atoms with Gasteiger partial charge in [-0.25, -0.2) is 4.98 Å². The van der Waals surface area contributed by atoms with Crippen LogP contribution in [0.1, 0.15) is 21.3 Å². The number of ketones is 1. The molecule has 2 aromatic heterocycles. The molecule has 0 unspecified atom stereocenters.